The zero-order valence-corrected chi connectivity index (χ0v) is 12.4. The number of aromatic amines is 1. The van der Waals surface area contributed by atoms with Gasteiger partial charge in [-0.3, -0.25) is 9.89 Å². The average Bonchev–Trinajstić information content (AvgIpc) is 3.00. The van der Waals surface area contributed by atoms with Crippen molar-refractivity contribution in [2.45, 2.75) is 24.3 Å². The van der Waals surface area contributed by atoms with E-state index in [4.69, 9.17) is 0 Å². The molecular weight excluding hydrogens is 290 g/mol. The molecule has 2 aromatic rings. The number of carbonyl (C=O) groups is 1. The van der Waals surface area contributed by atoms with Crippen LogP contribution in [0.15, 0.2) is 47.6 Å². The Kier molecular flexibility index (Phi) is 4.74. The highest BCUT2D eigenvalue weighted by Crippen LogP contribution is 2.12. The van der Waals surface area contributed by atoms with Crippen LogP contribution < -0.4 is 5.32 Å². The fourth-order valence-corrected chi connectivity index (χ4v) is 3.13. The standard InChI is InChI=1S/C14H17N3O3S/c1-11(12-9-15-16-10-12)17-14(18)7-8-21(19,20)13-5-3-2-4-6-13/h2-6,9-11H,7-8H2,1H3,(H,15,16)(H,17,18). The van der Waals surface area contributed by atoms with Gasteiger partial charge < -0.3 is 5.32 Å². The van der Waals surface area contributed by atoms with E-state index in [0.29, 0.717) is 0 Å². The maximum absolute atomic E-state index is 12.1. The Morgan fingerprint density at radius 1 is 1.33 bits per heavy atom. The van der Waals surface area contributed by atoms with Crippen LogP contribution in [0.3, 0.4) is 0 Å². The molecule has 1 aromatic carbocycles. The van der Waals surface area contributed by atoms with Crippen LogP contribution >= 0.6 is 0 Å². The first-order valence-electron chi connectivity index (χ1n) is 6.55. The van der Waals surface area contributed by atoms with E-state index in [9.17, 15) is 13.2 Å². The van der Waals surface area contributed by atoms with E-state index in [1.165, 1.54) is 12.1 Å². The third kappa shape index (κ3) is 4.16. The molecule has 1 heterocycles. The SMILES string of the molecule is CC(NC(=O)CCS(=O)(=O)c1ccccc1)c1cn[nH]c1. The summed E-state index contributed by atoms with van der Waals surface area (Å²) in [6.07, 6.45) is 3.23. The number of nitrogens with one attached hydrogen (secondary N) is 2. The van der Waals surface area contributed by atoms with Gasteiger partial charge in [-0.1, -0.05) is 18.2 Å². The molecule has 0 fully saturated rings. The zero-order chi connectivity index (χ0) is 15.3. The Hall–Kier alpha value is -2.15. The maximum atomic E-state index is 12.1. The molecule has 0 bridgehead atoms. The second-order valence-electron chi connectivity index (χ2n) is 4.70. The van der Waals surface area contributed by atoms with Gasteiger partial charge in [-0.15, -0.1) is 0 Å². The predicted molar refractivity (Wildman–Crippen MR) is 78.3 cm³/mol. The summed E-state index contributed by atoms with van der Waals surface area (Å²) in [5.74, 6) is -0.510. The van der Waals surface area contributed by atoms with Gasteiger partial charge in [0.05, 0.1) is 22.9 Å². The molecule has 2 rings (SSSR count). The highest BCUT2D eigenvalue weighted by molar-refractivity contribution is 7.91. The third-order valence-electron chi connectivity index (χ3n) is 3.10. The van der Waals surface area contributed by atoms with Crippen molar-refractivity contribution in [1.29, 1.82) is 0 Å². The van der Waals surface area contributed by atoms with Crippen molar-refractivity contribution >= 4 is 15.7 Å². The van der Waals surface area contributed by atoms with Gasteiger partial charge in [0.15, 0.2) is 9.84 Å². The van der Waals surface area contributed by atoms with Crippen LogP contribution in [-0.4, -0.2) is 30.3 Å². The van der Waals surface area contributed by atoms with Gasteiger partial charge in [-0.2, -0.15) is 5.10 Å². The summed E-state index contributed by atoms with van der Waals surface area (Å²) in [4.78, 5) is 12.1. The van der Waals surface area contributed by atoms with Gasteiger partial charge in [0.25, 0.3) is 0 Å². The summed E-state index contributed by atoms with van der Waals surface area (Å²) in [7, 11) is -3.42. The Morgan fingerprint density at radius 2 is 2.05 bits per heavy atom. The molecule has 0 aliphatic carbocycles. The number of amides is 1. The molecule has 2 N–H and O–H groups in total. The lowest BCUT2D eigenvalue weighted by atomic mass is 10.2. The van der Waals surface area contributed by atoms with E-state index >= 15 is 0 Å². The minimum absolute atomic E-state index is 0.0700. The first-order chi connectivity index (χ1) is 9.99. The molecule has 1 amide bonds. The number of sulfone groups is 1. The van der Waals surface area contributed by atoms with Gasteiger partial charge in [0.1, 0.15) is 0 Å². The van der Waals surface area contributed by atoms with Crippen molar-refractivity contribution in [2.75, 3.05) is 5.75 Å². The molecule has 0 saturated carbocycles. The van der Waals surface area contributed by atoms with Crippen LogP contribution in [0, 0.1) is 0 Å². The minimum atomic E-state index is -3.42. The van der Waals surface area contributed by atoms with Crippen LogP contribution in [0.5, 0.6) is 0 Å². The van der Waals surface area contributed by atoms with E-state index in [1.54, 1.807) is 30.6 Å². The highest BCUT2D eigenvalue weighted by Gasteiger charge is 2.17. The summed E-state index contributed by atoms with van der Waals surface area (Å²) < 4.78 is 24.1. The van der Waals surface area contributed by atoms with Crippen LogP contribution in [0.2, 0.25) is 0 Å². The zero-order valence-electron chi connectivity index (χ0n) is 11.6. The molecule has 0 aliphatic heterocycles. The molecule has 1 unspecified atom stereocenters. The lowest BCUT2D eigenvalue weighted by Crippen LogP contribution is -2.28. The van der Waals surface area contributed by atoms with E-state index < -0.39 is 9.84 Å². The number of benzene rings is 1. The van der Waals surface area contributed by atoms with E-state index in [0.717, 1.165) is 5.56 Å². The lowest BCUT2D eigenvalue weighted by Gasteiger charge is -2.12. The first-order valence-corrected chi connectivity index (χ1v) is 8.20. The predicted octanol–water partition coefficient (Wildman–Crippen LogP) is 1.45. The van der Waals surface area contributed by atoms with Crippen molar-refractivity contribution < 1.29 is 13.2 Å². The smallest absolute Gasteiger partial charge is 0.221 e. The normalized spacial score (nSPS) is 12.8. The Morgan fingerprint density at radius 3 is 2.67 bits per heavy atom. The van der Waals surface area contributed by atoms with Gasteiger partial charge in [-0.05, 0) is 19.1 Å². The van der Waals surface area contributed by atoms with Crippen LogP contribution in [0.25, 0.3) is 0 Å². The van der Waals surface area contributed by atoms with Gasteiger partial charge in [-0.25, -0.2) is 8.42 Å². The Labute approximate surface area is 123 Å². The number of hydrogen-bond acceptors (Lipinski definition) is 4. The molecule has 0 aliphatic rings. The molecule has 0 spiro atoms. The largest absolute Gasteiger partial charge is 0.349 e. The fraction of sp³-hybridized carbons (Fsp3) is 0.286. The lowest BCUT2D eigenvalue weighted by molar-refractivity contribution is -0.121. The van der Waals surface area contributed by atoms with Crippen molar-refractivity contribution in [1.82, 2.24) is 15.5 Å². The molecule has 21 heavy (non-hydrogen) atoms. The minimum Gasteiger partial charge on any atom is -0.349 e. The van der Waals surface area contributed by atoms with Crippen LogP contribution in [0.1, 0.15) is 24.9 Å². The van der Waals surface area contributed by atoms with Gasteiger partial charge in [0, 0.05) is 18.2 Å². The van der Waals surface area contributed by atoms with Crippen molar-refractivity contribution in [2.24, 2.45) is 0 Å². The maximum Gasteiger partial charge on any atom is 0.221 e. The van der Waals surface area contributed by atoms with Gasteiger partial charge >= 0.3 is 0 Å². The summed E-state index contributed by atoms with van der Waals surface area (Å²) in [5.41, 5.74) is 0.842. The summed E-state index contributed by atoms with van der Waals surface area (Å²) in [6, 6.07) is 7.92. The van der Waals surface area contributed by atoms with Crippen LogP contribution in [-0.2, 0) is 14.6 Å². The van der Waals surface area contributed by atoms with Crippen LogP contribution in [0.4, 0.5) is 0 Å². The highest BCUT2D eigenvalue weighted by atomic mass is 32.2. The van der Waals surface area contributed by atoms with E-state index in [-0.39, 0.29) is 29.0 Å². The van der Waals surface area contributed by atoms with Crippen molar-refractivity contribution in [3.8, 4) is 0 Å². The molecule has 1 aromatic heterocycles. The number of H-pyrrole nitrogens is 1. The quantitative estimate of drug-likeness (QED) is 0.845. The monoisotopic (exact) mass is 307 g/mol. The number of carbonyl (C=O) groups excluding carboxylic acids is 1. The van der Waals surface area contributed by atoms with Crippen molar-refractivity contribution in [3.63, 3.8) is 0 Å². The number of hydrogen-bond donors (Lipinski definition) is 2. The summed E-state index contributed by atoms with van der Waals surface area (Å²) in [6.45, 7) is 1.81. The van der Waals surface area contributed by atoms with Crippen molar-refractivity contribution in [3.05, 3.63) is 48.3 Å². The second-order valence-corrected chi connectivity index (χ2v) is 6.81. The molecule has 6 nitrogen and oxygen atoms in total. The fourth-order valence-electron chi connectivity index (χ4n) is 1.87. The topological polar surface area (TPSA) is 91.9 Å². The summed E-state index contributed by atoms with van der Waals surface area (Å²) in [5, 5.41) is 9.21. The number of aromatic nitrogens is 2. The third-order valence-corrected chi connectivity index (χ3v) is 4.83. The molecular formula is C14H17N3O3S. The molecule has 0 saturated heterocycles. The summed E-state index contributed by atoms with van der Waals surface area (Å²) >= 11 is 0. The van der Waals surface area contributed by atoms with E-state index in [1.807, 2.05) is 6.92 Å². The molecule has 7 heteroatoms. The molecule has 1 atom stereocenters. The van der Waals surface area contributed by atoms with E-state index in [2.05, 4.69) is 15.5 Å². The number of rotatable bonds is 6. The number of nitrogens with zero attached hydrogens (tertiary/aromatic N) is 1. The molecule has 112 valence electrons. The first kappa shape index (κ1) is 15.2. The average molecular weight is 307 g/mol. The second kappa shape index (κ2) is 6.53. The Balaban J connectivity index is 1.89. The molecule has 0 radical (unpaired) electrons. The van der Waals surface area contributed by atoms with Gasteiger partial charge in [0.2, 0.25) is 5.91 Å². The Bertz CT molecular complexity index is 682.